The minimum Gasteiger partial charge on any atom is -0.478 e. The van der Waals surface area contributed by atoms with E-state index in [1.165, 1.54) is 0 Å². The number of carbonyl (C=O) groups is 1. The van der Waals surface area contributed by atoms with Crippen molar-refractivity contribution in [3.05, 3.63) is 22.9 Å². The molecule has 0 saturated carbocycles. The molecule has 1 aliphatic carbocycles. The normalized spacial score (nSPS) is 13.9. The molecule has 0 saturated heterocycles. The van der Waals surface area contributed by atoms with E-state index in [4.69, 9.17) is 0 Å². The molecule has 17 heavy (non-hydrogen) atoms. The van der Waals surface area contributed by atoms with Crippen LogP contribution in [0.5, 0.6) is 0 Å². The number of fused-ring (bicyclic) bond motifs is 1. The number of carboxylic acids is 1. The van der Waals surface area contributed by atoms with Gasteiger partial charge in [0.15, 0.2) is 0 Å². The van der Waals surface area contributed by atoms with E-state index in [2.05, 4.69) is 4.98 Å². The summed E-state index contributed by atoms with van der Waals surface area (Å²) in [5.74, 6) is -0.303. The molecule has 1 aromatic heterocycles. The predicted molar refractivity (Wildman–Crippen MR) is 66.8 cm³/mol. The van der Waals surface area contributed by atoms with Crippen LogP contribution >= 0.6 is 0 Å². The fourth-order valence-corrected chi connectivity index (χ4v) is 2.13. The summed E-state index contributed by atoms with van der Waals surface area (Å²) in [6.07, 6.45) is 3.00. The van der Waals surface area contributed by atoms with Crippen LogP contribution in [-0.2, 0) is 12.8 Å². The van der Waals surface area contributed by atoms with Crippen molar-refractivity contribution < 1.29 is 9.90 Å². The first-order valence-electron chi connectivity index (χ1n) is 5.99. The molecule has 0 aliphatic heterocycles. The van der Waals surface area contributed by atoms with Gasteiger partial charge in [0.1, 0.15) is 11.4 Å². The molecule has 0 unspecified atom stereocenters. The monoisotopic (exact) mass is 234 g/mol. The summed E-state index contributed by atoms with van der Waals surface area (Å²) in [5.41, 5.74) is 2.49. The van der Waals surface area contributed by atoms with Crippen molar-refractivity contribution in [1.29, 1.82) is 0 Å². The molecule has 92 valence electrons. The van der Waals surface area contributed by atoms with Crippen molar-refractivity contribution in [2.75, 3.05) is 11.9 Å². The van der Waals surface area contributed by atoms with Gasteiger partial charge in [0.2, 0.25) is 0 Å². The standard InChI is InChI=1S/C13H18N2O2/c1-8(2)15(3)12-10(13(16)17)7-9-5-4-6-11(9)14-12/h7-8H,4-6H2,1-3H3,(H,16,17). The zero-order valence-electron chi connectivity index (χ0n) is 10.5. The van der Waals surface area contributed by atoms with Crippen LogP contribution in [0.15, 0.2) is 6.07 Å². The Hall–Kier alpha value is -1.58. The molecule has 0 aromatic carbocycles. The van der Waals surface area contributed by atoms with Crippen LogP contribution < -0.4 is 4.90 Å². The van der Waals surface area contributed by atoms with Crippen molar-refractivity contribution >= 4 is 11.8 Å². The van der Waals surface area contributed by atoms with Crippen LogP contribution in [0.3, 0.4) is 0 Å². The molecule has 0 fully saturated rings. The zero-order valence-corrected chi connectivity index (χ0v) is 10.5. The van der Waals surface area contributed by atoms with Crippen LogP contribution in [0, 0.1) is 0 Å². The molecule has 1 heterocycles. The van der Waals surface area contributed by atoms with Crippen LogP contribution in [0.2, 0.25) is 0 Å². The summed E-state index contributed by atoms with van der Waals surface area (Å²) in [5, 5.41) is 9.26. The van der Waals surface area contributed by atoms with Gasteiger partial charge in [-0.2, -0.15) is 0 Å². The van der Waals surface area contributed by atoms with Gasteiger partial charge in [-0.05, 0) is 44.7 Å². The zero-order chi connectivity index (χ0) is 12.6. The van der Waals surface area contributed by atoms with Gasteiger partial charge in [-0.3, -0.25) is 0 Å². The Morgan fingerprint density at radius 1 is 1.47 bits per heavy atom. The number of aromatic nitrogens is 1. The van der Waals surface area contributed by atoms with E-state index >= 15 is 0 Å². The molecule has 1 aromatic rings. The maximum Gasteiger partial charge on any atom is 0.339 e. The first kappa shape index (κ1) is 11.9. The first-order valence-corrected chi connectivity index (χ1v) is 5.99. The van der Waals surface area contributed by atoms with Crippen molar-refractivity contribution in [1.82, 2.24) is 4.98 Å². The Balaban J connectivity index is 2.52. The summed E-state index contributed by atoms with van der Waals surface area (Å²) in [6.45, 7) is 4.06. The minimum atomic E-state index is -0.894. The molecule has 0 spiro atoms. The van der Waals surface area contributed by atoms with E-state index in [0.29, 0.717) is 11.4 Å². The summed E-state index contributed by atoms with van der Waals surface area (Å²) in [4.78, 5) is 17.7. The highest BCUT2D eigenvalue weighted by Crippen LogP contribution is 2.27. The number of hydrogen-bond acceptors (Lipinski definition) is 3. The largest absolute Gasteiger partial charge is 0.478 e. The summed E-state index contributed by atoms with van der Waals surface area (Å²) < 4.78 is 0. The van der Waals surface area contributed by atoms with Crippen LogP contribution in [0.1, 0.15) is 41.9 Å². The molecule has 1 aliphatic rings. The molecule has 4 heteroatoms. The summed E-state index contributed by atoms with van der Waals surface area (Å²) in [6, 6.07) is 2.03. The first-order chi connectivity index (χ1) is 8.00. The van der Waals surface area contributed by atoms with E-state index < -0.39 is 5.97 Å². The third-order valence-electron chi connectivity index (χ3n) is 3.37. The number of rotatable bonds is 3. The highest BCUT2D eigenvalue weighted by atomic mass is 16.4. The van der Waals surface area contributed by atoms with Gasteiger partial charge >= 0.3 is 5.97 Å². The van der Waals surface area contributed by atoms with E-state index in [-0.39, 0.29) is 6.04 Å². The number of carboxylic acid groups (broad SMARTS) is 1. The van der Waals surface area contributed by atoms with Crippen molar-refractivity contribution in [3.63, 3.8) is 0 Å². The lowest BCUT2D eigenvalue weighted by Crippen LogP contribution is -2.29. The molecule has 4 nitrogen and oxygen atoms in total. The number of pyridine rings is 1. The second-order valence-corrected chi connectivity index (χ2v) is 4.83. The highest BCUT2D eigenvalue weighted by Gasteiger charge is 2.22. The van der Waals surface area contributed by atoms with Crippen molar-refractivity contribution in [2.45, 2.75) is 39.2 Å². The second-order valence-electron chi connectivity index (χ2n) is 4.83. The van der Waals surface area contributed by atoms with Gasteiger partial charge in [0.25, 0.3) is 0 Å². The minimum absolute atomic E-state index is 0.236. The van der Waals surface area contributed by atoms with Gasteiger partial charge in [0.05, 0.1) is 0 Å². The lowest BCUT2D eigenvalue weighted by Gasteiger charge is -2.24. The topological polar surface area (TPSA) is 53.4 Å². The number of aryl methyl sites for hydroxylation is 2. The van der Waals surface area contributed by atoms with Crippen LogP contribution in [-0.4, -0.2) is 29.1 Å². The van der Waals surface area contributed by atoms with Gasteiger partial charge in [-0.1, -0.05) is 0 Å². The lowest BCUT2D eigenvalue weighted by molar-refractivity contribution is 0.0697. The number of anilines is 1. The third-order valence-corrected chi connectivity index (χ3v) is 3.37. The molecule has 0 amide bonds. The molecular formula is C13H18N2O2. The van der Waals surface area contributed by atoms with E-state index in [1.54, 1.807) is 6.07 Å². The fraction of sp³-hybridized carbons (Fsp3) is 0.538. The Kier molecular flexibility index (Phi) is 3.05. The van der Waals surface area contributed by atoms with Crippen molar-refractivity contribution in [3.8, 4) is 0 Å². The Morgan fingerprint density at radius 2 is 2.18 bits per heavy atom. The van der Waals surface area contributed by atoms with E-state index in [0.717, 1.165) is 30.5 Å². The fourth-order valence-electron chi connectivity index (χ4n) is 2.13. The quantitative estimate of drug-likeness (QED) is 0.870. The number of nitrogens with zero attached hydrogens (tertiary/aromatic N) is 2. The molecular weight excluding hydrogens is 216 g/mol. The number of hydrogen-bond donors (Lipinski definition) is 1. The number of aromatic carboxylic acids is 1. The Bertz CT molecular complexity index is 455. The summed E-state index contributed by atoms with van der Waals surface area (Å²) >= 11 is 0. The van der Waals surface area contributed by atoms with Crippen LogP contribution in [0.4, 0.5) is 5.82 Å². The molecule has 0 radical (unpaired) electrons. The predicted octanol–water partition coefficient (Wildman–Crippen LogP) is 2.11. The molecule has 2 rings (SSSR count). The van der Waals surface area contributed by atoms with E-state index in [1.807, 2.05) is 25.8 Å². The summed E-state index contributed by atoms with van der Waals surface area (Å²) in [7, 11) is 1.89. The molecule has 0 atom stereocenters. The van der Waals surface area contributed by atoms with Gasteiger partial charge in [0, 0.05) is 18.8 Å². The third kappa shape index (κ3) is 2.12. The van der Waals surface area contributed by atoms with Crippen molar-refractivity contribution in [2.24, 2.45) is 0 Å². The lowest BCUT2D eigenvalue weighted by atomic mass is 10.1. The van der Waals surface area contributed by atoms with Gasteiger partial charge in [-0.25, -0.2) is 9.78 Å². The Morgan fingerprint density at radius 3 is 2.76 bits per heavy atom. The van der Waals surface area contributed by atoms with Gasteiger partial charge < -0.3 is 10.0 Å². The maximum absolute atomic E-state index is 11.3. The SMILES string of the molecule is CC(C)N(C)c1nc2c(cc1C(=O)O)CCC2. The van der Waals surface area contributed by atoms with Gasteiger partial charge in [-0.15, -0.1) is 0 Å². The Labute approximate surface area is 101 Å². The molecule has 0 bridgehead atoms. The smallest absolute Gasteiger partial charge is 0.339 e. The van der Waals surface area contributed by atoms with E-state index in [9.17, 15) is 9.90 Å². The molecule has 1 N–H and O–H groups in total. The highest BCUT2D eigenvalue weighted by molar-refractivity contribution is 5.93. The second kappa shape index (κ2) is 4.35. The average molecular weight is 234 g/mol. The maximum atomic E-state index is 11.3. The van der Waals surface area contributed by atoms with Crippen LogP contribution in [0.25, 0.3) is 0 Å². The average Bonchev–Trinajstić information content (AvgIpc) is 2.72.